The molecule has 0 atom stereocenters. The standard InChI is InChI=1S/C12H20N4O2/c1-3-5-16(6-7-17)12(18)15-10-8-13-11(4-2)14-9-10/h8-9,17H,3-7H2,1-2H3,(H,15,18). The molecule has 6 nitrogen and oxygen atoms in total. The van der Waals surface area contributed by atoms with E-state index in [2.05, 4.69) is 15.3 Å². The van der Waals surface area contributed by atoms with Crippen molar-refractivity contribution in [3.05, 3.63) is 18.2 Å². The van der Waals surface area contributed by atoms with Gasteiger partial charge in [0.15, 0.2) is 0 Å². The minimum Gasteiger partial charge on any atom is -0.395 e. The summed E-state index contributed by atoms with van der Waals surface area (Å²) < 4.78 is 0. The van der Waals surface area contributed by atoms with Crippen molar-refractivity contribution in [2.24, 2.45) is 0 Å². The molecule has 2 N–H and O–H groups in total. The summed E-state index contributed by atoms with van der Waals surface area (Å²) >= 11 is 0. The molecule has 1 rings (SSSR count). The summed E-state index contributed by atoms with van der Waals surface area (Å²) in [7, 11) is 0. The molecule has 0 aliphatic heterocycles. The topological polar surface area (TPSA) is 78.4 Å². The second-order valence-corrected chi connectivity index (χ2v) is 3.88. The average molecular weight is 252 g/mol. The molecule has 0 aliphatic rings. The van der Waals surface area contributed by atoms with Crippen molar-refractivity contribution in [2.45, 2.75) is 26.7 Å². The quantitative estimate of drug-likeness (QED) is 0.799. The van der Waals surface area contributed by atoms with Gasteiger partial charge in [-0.15, -0.1) is 0 Å². The van der Waals surface area contributed by atoms with E-state index in [1.807, 2.05) is 13.8 Å². The summed E-state index contributed by atoms with van der Waals surface area (Å²) in [4.78, 5) is 21.7. The van der Waals surface area contributed by atoms with Crippen molar-refractivity contribution >= 4 is 11.7 Å². The van der Waals surface area contributed by atoms with E-state index in [0.29, 0.717) is 18.8 Å². The van der Waals surface area contributed by atoms with Crippen LogP contribution in [-0.4, -0.2) is 45.7 Å². The summed E-state index contributed by atoms with van der Waals surface area (Å²) in [6.07, 6.45) is 4.79. The van der Waals surface area contributed by atoms with Crippen molar-refractivity contribution in [3.8, 4) is 0 Å². The van der Waals surface area contributed by atoms with E-state index < -0.39 is 0 Å². The van der Waals surface area contributed by atoms with Gasteiger partial charge in [-0.05, 0) is 6.42 Å². The van der Waals surface area contributed by atoms with Crippen LogP contribution in [0.1, 0.15) is 26.1 Å². The molecule has 0 saturated carbocycles. The molecule has 0 saturated heterocycles. The Morgan fingerprint density at radius 3 is 2.50 bits per heavy atom. The van der Waals surface area contributed by atoms with Crippen LogP contribution in [-0.2, 0) is 6.42 Å². The number of nitrogens with one attached hydrogen (secondary N) is 1. The van der Waals surface area contributed by atoms with E-state index in [9.17, 15) is 4.79 Å². The molecule has 1 aromatic heterocycles. The second-order valence-electron chi connectivity index (χ2n) is 3.88. The molecule has 1 heterocycles. The van der Waals surface area contributed by atoms with Crippen molar-refractivity contribution in [1.29, 1.82) is 0 Å². The molecule has 0 spiro atoms. The minimum atomic E-state index is -0.237. The van der Waals surface area contributed by atoms with Gasteiger partial charge in [-0.3, -0.25) is 0 Å². The summed E-state index contributed by atoms with van der Waals surface area (Å²) in [5.74, 6) is 0.744. The predicted octanol–water partition coefficient (Wildman–Crippen LogP) is 1.28. The zero-order valence-corrected chi connectivity index (χ0v) is 10.9. The van der Waals surface area contributed by atoms with Crippen LogP contribution in [0.25, 0.3) is 0 Å². The van der Waals surface area contributed by atoms with Crippen LogP contribution in [0.4, 0.5) is 10.5 Å². The first kappa shape index (κ1) is 14.4. The summed E-state index contributed by atoms with van der Waals surface area (Å²) in [6.45, 7) is 4.85. The molecule has 0 aromatic carbocycles. The number of carbonyl (C=O) groups is 1. The molecule has 0 fully saturated rings. The fraction of sp³-hybridized carbons (Fsp3) is 0.583. The van der Waals surface area contributed by atoms with E-state index in [0.717, 1.165) is 18.7 Å². The van der Waals surface area contributed by atoms with Gasteiger partial charge in [0.2, 0.25) is 0 Å². The Kier molecular flexibility index (Phi) is 6.07. The van der Waals surface area contributed by atoms with Crippen molar-refractivity contribution in [3.63, 3.8) is 0 Å². The number of rotatable bonds is 6. The maximum absolute atomic E-state index is 11.9. The number of urea groups is 1. The van der Waals surface area contributed by atoms with E-state index in [4.69, 9.17) is 5.11 Å². The molecule has 0 bridgehead atoms. The fourth-order valence-electron chi connectivity index (χ4n) is 1.51. The highest BCUT2D eigenvalue weighted by Crippen LogP contribution is 2.05. The summed E-state index contributed by atoms with van der Waals surface area (Å²) in [5, 5.41) is 11.6. The van der Waals surface area contributed by atoms with E-state index >= 15 is 0 Å². The van der Waals surface area contributed by atoms with Crippen LogP contribution < -0.4 is 5.32 Å². The summed E-state index contributed by atoms with van der Waals surface area (Å²) in [5.41, 5.74) is 0.566. The Bertz CT molecular complexity index is 361. The first-order chi connectivity index (χ1) is 8.71. The molecule has 2 amide bonds. The number of carbonyl (C=O) groups excluding carboxylic acids is 1. The maximum atomic E-state index is 11.9. The smallest absolute Gasteiger partial charge is 0.322 e. The highest BCUT2D eigenvalue weighted by Gasteiger charge is 2.12. The van der Waals surface area contributed by atoms with Crippen LogP contribution in [0.15, 0.2) is 12.4 Å². The highest BCUT2D eigenvalue weighted by atomic mass is 16.3. The van der Waals surface area contributed by atoms with Crippen molar-refractivity contribution in [1.82, 2.24) is 14.9 Å². The maximum Gasteiger partial charge on any atom is 0.322 e. The number of aliphatic hydroxyl groups excluding tert-OH is 1. The van der Waals surface area contributed by atoms with Gasteiger partial charge in [0.1, 0.15) is 5.82 Å². The number of hydrogen-bond acceptors (Lipinski definition) is 4. The van der Waals surface area contributed by atoms with E-state index in [1.165, 1.54) is 0 Å². The average Bonchev–Trinajstić information content (AvgIpc) is 2.39. The van der Waals surface area contributed by atoms with Crippen LogP contribution in [0, 0.1) is 0 Å². The van der Waals surface area contributed by atoms with Gasteiger partial charge >= 0.3 is 6.03 Å². The number of aryl methyl sites for hydroxylation is 1. The Labute approximate surface area is 107 Å². The number of hydrogen-bond donors (Lipinski definition) is 2. The molecular weight excluding hydrogens is 232 g/mol. The third-order valence-electron chi connectivity index (χ3n) is 2.42. The molecular formula is C12H20N4O2. The van der Waals surface area contributed by atoms with Gasteiger partial charge in [-0.1, -0.05) is 13.8 Å². The third-order valence-corrected chi connectivity index (χ3v) is 2.42. The predicted molar refractivity (Wildman–Crippen MR) is 69.4 cm³/mol. The fourth-order valence-corrected chi connectivity index (χ4v) is 1.51. The molecule has 100 valence electrons. The van der Waals surface area contributed by atoms with Crippen LogP contribution in [0.2, 0.25) is 0 Å². The lowest BCUT2D eigenvalue weighted by Crippen LogP contribution is -2.37. The number of aromatic nitrogens is 2. The number of aliphatic hydroxyl groups is 1. The zero-order valence-electron chi connectivity index (χ0n) is 10.9. The highest BCUT2D eigenvalue weighted by molar-refractivity contribution is 5.88. The van der Waals surface area contributed by atoms with E-state index in [1.54, 1.807) is 17.3 Å². The summed E-state index contributed by atoms with van der Waals surface area (Å²) in [6, 6.07) is -0.237. The molecule has 0 radical (unpaired) electrons. The molecule has 0 aliphatic carbocycles. The first-order valence-corrected chi connectivity index (χ1v) is 6.19. The molecule has 1 aromatic rings. The Morgan fingerprint density at radius 2 is 2.00 bits per heavy atom. The third kappa shape index (κ3) is 4.29. The minimum absolute atomic E-state index is 0.0430. The molecule has 0 unspecified atom stereocenters. The zero-order chi connectivity index (χ0) is 13.4. The van der Waals surface area contributed by atoms with Gasteiger partial charge in [0.05, 0.1) is 24.7 Å². The van der Waals surface area contributed by atoms with Crippen molar-refractivity contribution in [2.75, 3.05) is 25.0 Å². The Balaban J connectivity index is 2.60. The van der Waals surface area contributed by atoms with Crippen LogP contribution in [0.5, 0.6) is 0 Å². The van der Waals surface area contributed by atoms with Gasteiger partial charge in [0, 0.05) is 19.5 Å². The van der Waals surface area contributed by atoms with Gasteiger partial charge in [0.25, 0.3) is 0 Å². The monoisotopic (exact) mass is 252 g/mol. The number of anilines is 1. The SMILES string of the molecule is CCCN(CCO)C(=O)Nc1cnc(CC)nc1. The van der Waals surface area contributed by atoms with E-state index in [-0.39, 0.29) is 12.6 Å². The lowest BCUT2D eigenvalue weighted by Gasteiger charge is -2.21. The molecule has 18 heavy (non-hydrogen) atoms. The van der Waals surface area contributed by atoms with Crippen LogP contribution >= 0.6 is 0 Å². The first-order valence-electron chi connectivity index (χ1n) is 6.19. The van der Waals surface area contributed by atoms with Gasteiger partial charge < -0.3 is 15.3 Å². The normalized spacial score (nSPS) is 10.2. The lowest BCUT2D eigenvalue weighted by molar-refractivity contribution is 0.188. The largest absolute Gasteiger partial charge is 0.395 e. The lowest BCUT2D eigenvalue weighted by atomic mass is 10.4. The second kappa shape index (κ2) is 7.60. The van der Waals surface area contributed by atoms with Gasteiger partial charge in [-0.25, -0.2) is 14.8 Å². The number of amides is 2. The van der Waals surface area contributed by atoms with Crippen molar-refractivity contribution < 1.29 is 9.90 Å². The Morgan fingerprint density at radius 1 is 1.33 bits per heavy atom. The molecule has 6 heteroatoms. The van der Waals surface area contributed by atoms with Gasteiger partial charge in [-0.2, -0.15) is 0 Å². The van der Waals surface area contributed by atoms with Crippen LogP contribution in [0.3, 0.4) is 0 Å². The Hall–Kier alpha value is -1.69. The number of nitrogens with zero attached hydrogens (tertiary/aromatic N) is 3.